The van der Waals surface area contributed by atoms with Crippen molar-refractivity contribution in [2.75, 3.05) is 12.0 Å². The molecule has 1 aliphatic rings. The van der Waals surface area contributed by atoms with Crippen LogP contribution >= 0.6 is 34.8 Å². The summed E-state index contributed by atoms with van der Waals surface area (Å²) in [5, 5.41) is 11.6. The van der Waals surface area contributed by atoms with Crippen LogP contribution in [0, 0.1) is 3.57 Å². The number of nitrogens with zero attached hydrogens (tertiary/aromatic N) is 1. The Balaban J connectivity index is 1.52. The van der Waals surface area contributed by atoms with E-state index in [1.165, 1.54) is 23.1 Å². The molecule has 0 unspecified atom stereocenters. The Morgan fingerprint density at radius 1 is 1.08 bits per heavy atom. The standard InChI is InChI=1S/C26H19IN2O6S/c1-34-19-9-7-18(8-10-19)29-24(31)20(23(30)28-26(29)36)12-16-4-11-22(21(27)13-16)35-14-15-2-5-17(6-3-15)25(32)33/h2-13H,14H2,1H3,(H,32,33)(H,28,30,36)/b20-12+. The Hall–Kier alpha value is -3.77. The first-order chi connectivity index (χ1) is 17.3. The van der Waals surface area contributed by atoms with Gasteiger partial charge in [0, 0.05) is 0 Å². The van der Waals surface area contributed by atoms with Crippen LogP contribution in [0.25, 0.3) is 6.08 Å². The minimum atomic E-state index is -0.985. The third-order valence-electron chi connectivity index (χ3n) is 5.29. The molecule has 1 heterocycles. The number of anilines is 1. The second-order valence-electron chi connectivity index (χ2n) is 7.64. The summed E-state index contributed by atoms with van der Waals surface area (Å²) in [5.74, 6) is -0.853. The number of thiocarbonyl (C=S) groups is 1. The first-order valence-electron chi connectivity index (χ1n) is 10.6. The van der Waals surface area contributed by atoms with E-state index >= 15 is 0 Å². The predicted molar refractivity (Wildman–Crippen MR) is 146 cm³/mol. The van der Waals surface area contributed by atoms with Gasteiger partial charge in [0.2, 0.25) is 0 Å². The number of carboxylic acid groups (broad SMARTS) is 1. The molecule has 4 rings (SSSR count). The second kappa shape index (κ2) is 10.9. The van der Waals surface area contributed by atoms with Crippen LogP contribution in [-0.4, -0.2) is 35.1 Å². The summed E-state index contributed by atoms with van der Waals surface area (Å²) in [6.07, 6.45) is 1.51. The van der Waals surface area contributed by atoms with Gasteiger partial charge in [-0.15, -0.1) is 0 Å². The molecule has 8 nitrogen and oxygen atoms in total. The monoisotopic (exact) mass is 614 g/mol. The number of nitrogens with one attached hydrogen (secondary N) is 1. The van der Waals surface area contributed by atoms with Gasteiger partial charge in [-0.2, -0.15) is 0 Å². The van der Waals surface area contributed by atoms with Crippen LogP contribution in [0.3, 0.4) is 0 Å². The highest BCUT2D eigenvalue weighted by atomic mass is 127. The van der Waals surface area contributed by atoms with E-state index in [0.717, 1.165) is 9.13 Å². The number of carbonyl (C=O) groups is 3. The van der Waals surface area contributed by atoms with Crippen LogP contribution in [0.4, 0.5) is 5.69 Å². The number of carbonyl (C=O) groups excluding carboxylic acids is 2. The highest BCUT2D eigenvalue weighted by molar-refractivity contribution is 14.1. The molecule has 1 aliphatic heterocycles. The number of aromatic carboxylic acids is 1. The zero-order valence-electron chi connectivity index (χ0n) is 18.9. The maximum Gasteiger partial charge on any atom is 0.335 e. The number of rotatable bonds is 7. The van der Waals surface area contributed by atoms with Gasteiger partial charge in [0.25, 0.3) is 11.8 Å². The lowest BCUT2D eigenvalue weighted by Gasteiger charge is -2.29. The van der Waals surface area contributed by atoms with Gasteiger partial charge in [0.15, 0.2) is 5.11 Å². The molecule has 2 amide bonds. The smallest absolute Gasteiger partial charge is 0.335 e. The number of halogens is 1. The van der Waals surface area contributed by atoms with Crippen molar-refractivity contribution in [3.8, 4) is 11.5 Å². The lowest BCUT2D eigenvalue weighted by molar-refractivity contribution is -0.122. The van der Waals surface area contributed by atoms with E-state index in [-0.39, 0.29) is 22.9 Å². The molecule has 36 heavy (non-hydrogen) atoms. The molecule has 1 fully saturated rings. The highest BCUT2D eigenvalue weighted by Gasteiger charge is 2.34. The zero-order chi connectivity index (χ0) is 25.8. The van der Waals surface area contributed by atoms with Crippen molar-refractivity contribution in [2.45, 2.75) is 6.61 Å². The molecule has 0 atom stereocenters. The molecule has 3 aromatic carbocycles. The molecule has 0 radical (unpaired) electrons. The van der Waals surface area contributed by atoms with Gasteiger partial charge in [-0.05, 0) is 101 Å². The molecule has 1 saturated heterocycles. The van der Waals surface area contributed by atoms with Gasteiger partial charge < -0.3 is 14.6 Å². The minimum Gasteiger partial charge on any atom is -0.497 e. The average molecular weight is 614 g/mol. The summed E-state index contributed by atoms with van der Waals surface area (Å²) in [7, 11) is 1.54. The van der Waals surface area contributed by atoms with Crippen molar-refractivity contribution in [2.24, 2.45) is 0 Å². The van der Waals surface area contributed by atoms with Crippen LogP contribution < -0.4 is 19.7 Å². The van der Waals surface area contributed by atoms with Gasteiger partial charge in [-0.1, -0.05) is 18.2 Å². The van der Waals surface area contributed by atoms with E-state index in [9.17, 15) is 14.4 Å². The predicted octanol–water partition coefficient (Wildman–Crippen LogP) is 4.41. The molecule has 3 aromatic rings. The summed E-state index contributed by atoms with van der Waals surface area (Å²) in [5.41, 5.74) is 2.12. The third kappa shape index (κ3) is 5.55. The lowest BCUT2D eigenvalue weighted by atomic mass is 10.1. The van der Waals surface area contributed by atoms with Crippen molar-refractivity contribution in [1.82, 2.24) is 5.32 Å². The Labute approximate surface area is 225 Å². The van der Waals surface area contributed by atoms with E-state index in [0.29, 0.717) is 22.7 Å². The average Bonchev–Trinajstić information content (AvgIpc) is 2.86. The molecule has 0 bridgehead atoms. The molecule has 0 aliphatic carbocycles. The minimum absolute atomic E-state index is 0.00188. The van der Waals surface area contributed by atoms with Crippen molar-refractivity contribution in [3.05, 3.63) is 92.6 Å². The number of benzene rings is 3. The topological polar surface area (TPSA) is 105 Å². The fraction of sp³-hybridized carbons (Fsp3) is 0.0769. The van der Waals surface area contributed by atoms with Crippen LogP contribution in [0.2, 0.25) is 0 Å². The van der Waals surface area contributed by atoms with E-state index in [4.69, 9.17) is 26.8 Å². The van der Waals surface area contributed by atoms with Gasteiger partial charge in [-0.25, -0.2) is 4.79 Å². The first-order valence-corrected chi connectivity index (χ1v) is 12.1. The largest absolute Gasteiger partial charge is 0.497 e. The Morgan fingerprint density at radius 2 is 1.78 bits per heavy atom. The van der Waals surface area contributed by atoms with Crippen LogP contribution in [0.15, 0.2) is 72.3 Å². The molecule has 0 aromatic heterocycles. The summed E-state index contributed by atoms with van der Waals surface area (Å²) in [6, 6.07) is 18.5. The lowest BCUT2D eigenvalue weighted by Crippen LogP contribution is -2.54. The van der Waals surface area contributed by atoms with Crippen LogP contribution in [0.5, 0.6) is 11.5 Å². The van der Waals surface area contributed by atoms with E-state index in [1.807, 2.05) is 0 Å². The van der Waals surface area contributed by atoms with Gasteiger partial charge in [0.05, 0.1) is 21.9 Å². The number of carboxylic acids is 1. The number of hydrogen-bond acceptors (Lipinski definition) is 6. The molecule has 182 valence electrons. The zero-order valence-corrected chi connectivity index (χ0v) is 21.8. The van der Waals surface area contributed by atoms with E-state index in [1.54, 1.807) is 61.7 Å². The summed E-state index contributed by atoms with van der Waals surface area (Å²) in [4.78, 5) is 38.0. The molecular formula is C26H19IN2O6S. The van der Waals surface area contributed by atoms with E-state index in [2.05, 4.69) is 27.9 Å². The van der Waals surface area contributed by atoms with Crippen molar-refractivity contribution in [1.29, 1.82) is 0 Å². The fourth-order valence-corrected chi connectivity index (χ4v) is 4.39. The molecule has 2 N–H and O–H groups in total. The van der Waals surface area contributed by atoms with Crippen molar-refractivity contribution >= 4 is 69.5 Å². The summed E-state index contributed by atoms with van der Waals surface area (Å²) in [6.45, 7) is 0.255. The highest BCUT2D eigenvalue weighted by Crippen LogP contribution is 2.27. The van der Waals surface area contributed by atoms with Gasteiger partial charge in [-0.3, -0.25) is 19.8 Å². The van der Waals surface area contributed by atoms with Crippen LogP contribution in [0.1, 0.15) is 21.5 Å². The Bertz CT molecular complexity index is 1390. The maximum absolute atomic E-state index is 13.2. The van der Waals surface area contributed by atoms with Crippen molar-refractivity contribution < 1.29 is 29.0 Å². The number of methoxy groups -OCH3 is 1. The first kappa shape index (κ1) is 25.3. The van der Waals surface area contributed by atoms with E-state index < -0.39 is 17.8 Å². The number of ether oxygens (including phenoxy) is 2. The van der Waals surface area contributed by atoms with Crippen molar-refractivity contribution in [3.63, 3.8) is 0 Å². The quantitative estimate of drug-likeness (QED) is 0.176. The fourth-order valence-electron chi connectivity index (χ4n) is 3.42. The molecular weight excluding hydrogens is 595 g/mol. The summed E-state index contributed by atoms with van der Waals surface area (Å²) < 4.78 is 11.8. The summed E-state index contributed by atoms with van der Waals surface area (Å²) >= 11 is 7.35. The van der Waals surface area contributed by atoms with Gasteiger partial charge >= 0.3 is 5.97 Å². The molecule has 10 heteroatoms. The number of amides is 2. The number of hydrogen-bond donors (Lipinski definition) is 2. The Morgan fingerprint density at radius 3 is 2.39 bits per heavy atom. The SMILES string of the molecule is COc1ccc(N2C(=O)/C(=C/c3ccc(OCc4ccc(C(=O)O)cc4)c(I)c3)C(=O)NC2=S)cc1. The van der Waals surface area contributed by atoms with Crippen LogP contribution in [-0.2, 0) is 16.2 Å². The second-order valence-corrected chi connectivity index (χ2v) is 9.19. The molecule has 0 spiro atoms. The van der Waals surface area contributed by atoms with Gasteiger partial charge in [0.1, 0.15) is 23.7 Å². The third-order valence-corrected chi connectivity index (χ3v) is 6.42. The Kier molecular flexibility index (Phi) is 7.65. The molecule has 0 saturated carbocycles. The maximum atomic E-state index is 13.2. The normalized spacial score (nSPS) is 14.6.